The van der Waals surface area contributed by atoms with Crippen molar-refractivity contribution in [3.05, 3.63) is 0 Å². The quantitative estimate of drug-likeness (QED) is 0.476. The molecule has 0 aliphatic heterocycles. The summed E-state index contributed by atoms with van der Waals surface area (Å²) in [5.41, 5.74) is 4.52. The van der Waals surface area contributed by atoms with Crippen LogP contribution in [0.5, 0.6) is 0 Å². The first-order valence-corrected chi connectivity index (χ1v) is 2.39. The van der Waals surface area contributed by atoms with Crippen LogP contribution in [0.4, 0.5) is 4.79 Å². The Labute approximate surface area is 63.2 Å². The zero-order chi connectivity index (χ0) is 9.28. The van der Waals surface area contributed by atoms with Gasteiger partial charge in [-0.3, -0.25) is 10.1 Å². The highest BCUT2D eigenvalue weighted by molar-refractivity contribution is 5.91. The van der Waals surface area contributed by atoms with Crippen molar-refractivity contribution in [1.82, 2.24) is 5.32 Å². The van der Waals surface area contributed by atoms with Gasteiger partial charge in [-0.15, -0.1) is 0 Å². The zero-order valence-electron chi connectivity index (χ0n) is 5.79. The van der Waals surface area contributed by atoms with Crippen LogP contribution in [0.3, 0.4) is 0 Å². The summed E-state index contributed by atoms with van der Waals surface area (Å²) < 4.78 is 0. The fourth-order valence-electron chi connectivity index (χ4n) is 0.173. The van der Waals surface area contributed by atoms with E-state index in [0.29, 0.717) is 0 Å². The molecule has 0 saturated heterocycles. The van der Waals surface area contributed by atoms with Crippen LogP contribution in [0.2, 0.25) is 0 Å². The topological polar surface area (TPSA) is 120 Å². The number of urea groups is 1. The number of nitrogens with one attached hydrogen (secondary N) is 1. The van der Waals surface area contributed by atoms with E-state index in [1.165, 1.54) is 19.1 Å². The highest BCUT2D eigenvalue weighted by Crippen LogP contribution is 1.55. The molecular weight excluding hydrogens is 148 g/mol. The van der Waals surface area contributed by atoms with E-state index in [1.807, 2.05) is 0 Å². The van der Waals surface area contributed by atoms with Crippen LogP contribution in [0, 0.1) is 22.7 Å². The Bertz CT molecular complexity index is 198. The highest BCUT2D eigenvalue weighted by Gasteiger charge is 1.91. The highest BCUT2D eigenvalue weighted by atomic mass is 16.2. The second-order valence-electron chi connectivity index (χ2n) is 1.27. The van der Waals surface area contributed by atoms with Crippen LogP contribution in [0.25, 0.3) is 0 Å². The largest absolute Gasteiger partial charge is 0.351 e. The molecule has 0 saturated carbocycles. The Morgan fingerprint density at radius 2 is 1.73 bits per heavy atom. The summed E-state index contributed by atoms with van der Waals surface area (Å²) in [6.07, 6.45) is 0. The summed E-state index contributed by atoms with van der Waals surface area (Å²) in [7, 11) is 0. The monoisotopic (exact) mass is 154 g/mol. The average molecular weight is 154 g/mol. The van der Waals surface area contributed by atoms with Crippen LogP contribution in [-0.4, -0.2) is 11.9 Å². The molecule has 0 fully saturated rings. The lowest BCUT2D eigenvalue weighted by Gasteiger charge is -1.88. The number of nitriles is 2. The first-order chi connectivity index (χ1) is 5.04. The predicted molar refractivity (Wildman–Crippen MR) is 34.6 cm³/mol. The van der Waals surface area contributed by atoms with E-state index >= 15 is 0 Å². The number of imide groups is 1. The van der Waals surface area contributed by atoms with Crippen LogP contribution < -0.4 is 11.1 Å². The van der Waals surface area contributed by atoms with E-state index in [1.54, 1.807) is 5.32 Å². The molecule has 0 aromatic rings. The maximum absolute atomic E-state index is 9.84. The van der Waals surface area contributed by atoms with Gasteiger partial charge in [0.05, 0.1) is 0 Å². The van der Waals surface area contributed by atoms with Crippen LogP contribution in [0.1, 0.15) is 6.92 Å². The van der Waals surface area contributed by atoms with Crippen LogP contribution in [-0.2, 0) is 4.79 Å². The lowest BCUT2D eigenvalue weighted by atomic mass is 10.7. The number of rotatable bonds is 0. The van der Waals surface area contributed by atoms with Crippen molar-refractivity contribution in [1.29, 1.82) is 10.5 Å². The molecule has 0 bridgehead atoms. The number of hydrogen-bond donors (Lipinski definition) is 2. The number of hydrogen-bond acceptors (Lipinski definition) is 4. The molecule has 3 amide bonds. The molecule has 0 aromatic carbocycles. The third-order valence-electron chi connectivity index (χ3n) is 0.349. The molecule has 6 nitrogen and oxygen atoms in total. The van der Waals surface area contributed by atoms with Crippen molar-refractivity contribution in [2.45, 2.75) is 6.92 Å². The Morgan fingerprint density at radius 1 is 1.36 bits per heavy atom. The van der Waals surface area contributed by atoms with Crippen molar-refractivity contribution in [2.75, 3.05) is 0 Å². The van der Waals surface area contributed by atoms with Gasteiger partial charge in [0, 0.05) is 6.92 Å². The number of primary amides is 1. The molecular formula is C5H6N4O2. The Kier molecular flexibility index (Phi) is 8.41. The number of nitrogens with two attached hydrogens (primary N) is 1. The van der Waals surface area contributed by atoms with Crippen molar-refractivity contribution in [3.63, 3.8) is 0 Å². The minimum atomic E-state index is -0.812. The second kappa shape index (κ2) is 7.92. The van der Waals surface area contributed by atoms with Crippen LogP contribution >= 0.6 is 0 Å². The lowest BCUT2D eigenvalue weighted by molar-refractivity contribution is -0.117. The fourth-order valence-corrected chi connectivity index (χ4v) is 0.173. The van der Waals surface area contributed by atoms with Gasteiger partial charge in [-0.25, -0.2) is 4.79 Å². The molecule has 11 heavy (non-hydrogen) atoms. The van der Waals surface area contributed by atoms with E-state index in [9.17, 15) is 9.59 Å². The van der Waals surface area contributed by atoms with Gasteiger partial charge in [0.1, 0.15) is 0 Å². The second-order valence-corrected chi connectivity index (χ2v) is 1.27. The zero-order valence-corrected chi connectivity index (χ0v) is 5.79. The standard InChI is InChI=1S/C3H6N2O2.C2N2/c1-2(6)5-3(4)7;3-1-2-4/h1H3,(H3,4,5,6,7);. The van der Waals surface area contributed by atoms with Gasteiger partial charge in [-0.2, -0.15) is 10.5 Å². The maximum Gasteiger partial charge on any atom is 0.318 e. The summed E-state index contributed by atoms with van der Waals surface area (Å²) in [6.45, 7) is 1.21. The molecule has 0 rings (SSSR count). The molecule has 0 heterocycles. The predicted octanol–water partition coefficient (Wildman–Crippen LogP) is -0.765. The molecule has 58 valence electrons. The van der Waals surface area contributed by atoms with Gasteiger partial charge in [0.25, 0.3) is 0 Å². The number of carbonyl (C=O) groups excluding carboxylic acids is 2. The molecule has 0 unspecified atom stereocenters. The van der Waals surface area contributed by atoms with Crippen molar-refractivity contribution in [3.8, 4) is 12.1 Å². The van der Waals surface area contributed by atoms with Crippen molar-refractivity contribution < 1.29 is 9.59 Å². The van der Waals surface area contributed by atoms with E-state index in [2.05, 4.69) is 5.73 Å². The number of nitrogens with zero attached hydrogens (tertiary/aromatic N) is 2. The SMILES string of the molecule is CC(=O)NC(N)=O.N#CC#N. The molecule has 0 aliphatic carbocycles. The first kappa shape index (κ1) is 11.7. The fraction of sp³-hybridized carbons (Fsp3) is 0.200. The van der Waals surface area contributed by atoms with E-state index in [0.717, 1.165) is 0 Å². The van der Waals surface area contributed by atoms with E-state index in [4.69, 9.17) is 10.5 Å². The maximum atomic E-state index is 9.84. The van der Waals surface area contributed by atoms with Gasteiger partial charge >= 0.3 is 6.03 Å². The lowest BCUT2D eigenvalue weighted by Crippen LogP contribution is -2.32. The molecule has 6 heteroatoms. The minimum absolute atomic E-state index is 0.437. The number of carbonyl (C=O) groups is 2. The Hall–Kier alpha value is -2.08. The van der Waals surface area contributed by atoms with Gasteiger partial charge in [-0.05, 0) is 0 Å². The molecule has 0 aliphatic rings. The summed E-state index contributed by atoms with van der Waals surface area (Å²) >= 11 is 0. The third kappa shape index (κ3) is 32.6. The first-order valence-electron chi connectivity index (χ1n) is 2.39. The van der Waals surface area contributed by atoms with Crippen molar-refractivity contribution >= 4 is 11.9 Å². The summed E-state index contributed by atoms with van der Waals surface area (Å²) in [5.74, 6) is -0.437. The third-order valence-corrected chi connectivity index (χ3v) is 0.349. The van der Waals surface area contributed by atoms with Gasteiger partial charge in [-0.1, -0.05) is 0 Å². The average Bonchev–Trinajstić information content (AvgIpc) is 1.85. The van der Waals surface area contributed by atoms with Gasteiger partial charge in [0.15, 0.2) is 12.1 Å². The Balaban J connectivity index is 0. The molecule has 0 aromatic heterocycles. The van der Waals surface area contributed by atoms with Crippen LogP contribution in [0.15, 0.2) is 0 Å². The molecule has 0 radical (unpaired) electrons. The molecule has 3 N–H and O–H groups in total. The van der Waals surface area contributed by atoms with Crippen molar-refractivity contribution in [2.24, 2.45) is 5.73 Å². The van der Waals surface area contributed by atoms with E-state index in [-0.39, 0.29) is 0 Å². The summed E-state index contributed by atoms with van der Waals surface area (Å²) in [4.78, 5) is 19.5. The molecule has 0 atom stereocenters. The number of amides is 3. The summed E-state index contributed by atoms with van der Waals surface area (Å²) in [6, 6.07) is 1.66. The van der Waals surface area contributed by atoms with E-state index < -0.39 is 11.9 Å². The molecule has 0 spiro atoms. The Morgan fingerprint density at radius 3 is 1.73 bits per heavy atom. The van der Waals surface area contributed by atoms with Gasteiger partial charge in [0.2, 0.25) is 5.91 Å². The summed E-state index contributed by atoms with van der Waals surface area (Å²) in [5, 5.41) is 16.3. The normalized spacial score (nSPS) is 5.73. The van der Waals surface area contributed by atoms with Gasteiger partial charge < -0.3 is 5.73 Å². The smallest absolute Gasteiger partial charge is 0.318 e. The minimum Gasteiger partial charge on any atom is -0.351 e.